The molecule has 8 heteroatoms. The molecule has 0 aromatic heterocycles. The van der Waals surface area contributed by atoms with E-state index in [0.717, 1.165) is 18.7 Å². The molecule has 5 nitrogen and oxygen atoms in total. The van der Waals surface area contributed by atoms with Gasteiger partial charge in [0.25, 0.3) is 0 Å². The minimum atomic E-state index is -3.62. The van der Waals surface area contributed by atoms with Gasteiger partial charge in [0.15, 0.2) is 0 Å². The maximum absolute atomic E-state index is 12.9. The van der Waals surface area contributed by atoms with E-state index in [1.54, 1.807) is 12.1 Å². The molecule has 1 saturated heterocycles. The topological polar surface area (TPSA) is 58.6 Å². The van der Waals surface area contributed by atoms with E-state index in [9.17, 15) is 12.8 Å². The summed E-state index contributed by atoms with van der Waals surface area (Å²) in [5.41, 5.74) is 1.85. The van der Waals surface area contributed by atoms with Crippen molar-refractivity contribution in [3.63, 3.8) is 0 Å². The molecule has 0 saturated carbocycles. The number of nitrogens with zero attached hydrogens (tertiary/aromatic N) is 1. The summed E-state index contributed by atoms with van der Waals surface area (Å²) >= 11 is 6.32. The van der Waals surface area contributed by atoms with Crippen LogP contribution < -0.4 is 4.72 Å². The Bertz CT molecular complexity index is 853. The first-order chi connectivity index (χ1) is 12.4. The molecule has 26 heavy (non-hydrogen) atoms. The van der Waals surface area contributed by atoms with E-state index in [2.05, 4.69) is 9.62 Å². The Balaban J connectivity index is 1.65. The molecule has 140 valence electrons. The number of sulfonamides is 1. The van der Waals surface area contributed by atoms with Crippen LogP contribution in [-0.2, 0) is 27.1 Å². The summed E-state index contributed by atoms with van der Waals surface area (Å²) in [5, 5.41) is 0.512. The lowest BCUT2D eigenvalue weighted by Gasteiger charge is -2.27. The smallest absolute Gasteiger partial charge is 0.236 e. The lowest BCUT2D eigenvalue weighted by Crippen LogP contribution is -2.35. The Labute approximate surface area is 157 Å². The van der Waals surface area contributed by atoms with Gasteiger partial charge in [0, 0.05) is 30.3 Å². The maximum atomic E-state index is 12.9. The molecule has 0 unspecified atom stereocenters. The molecule has 0 atom stereocenters. The molecule has 0 spiro atoms. The van der Waals surface area contributed by atoms with Crippen LogP contribution in [0.2, 0.25) is 5.02 Å². The van der Waals surface area contributed by atoms with E-state index in [0.29, 0.717) is 36.0 Å². The van der Waals surface area contributed by atoms with Crippen LogP contribution in [-0.4, -0.2) is 39.6 Å². The van der Waals surface area contributed by atoms with Crippen molar-refractivity contribution in [3.8, 4) is 0 Å². The second-order valence-electron chi connectivity index (χ2n) is 6.18. The second-order valence-corrected chi connectivity index (χ2v) is 8.31. The SMILES string of the molecule is O=S(=O)(Cc1ccc(F)cc1)Nc1ccc(CN2CCOCC2)c(Cl)c1. The van der Waals surface area contributed by atoms with Gasteiger partial charge in [-0.3, -0.25) is 9.62 Å². The van der Waals surface area contributed by atoms with Crippen LogP contribution in [0, 0.1) is 5.82 Å². The van der Waals surface area contributed by atoms with Crippen LogP contribution in [0.3, 0.4) is 0 Å². The van der Waals surface area contributed by atoms with Crippen molar-refractivity contribution in [1.82, 2.24) is 4.90 Å². The van der Waals surface area contributed by atoms with Crippen LogP contribution >= 0.6 is 11.6 Å². The van der Waals surface area contributed by atoms with Gasteiger partial charge in [0.05, 0.1) is 19.0 Å². The summed E-state index contributed by atoms with van der Waals surface area (Å²) in [6.45, 7) is 3.81. The Kier molecular flexibility index (Phi) is 6.13. The lowest BCUT2D eigenvalue weighted by molar-refractivity contribution is 0.0342. The van der Waals surface area contributed by atoms with Gasteiger partial charge in [0.1, 0.15) is 5.82 Å². The molecule has 2 aromatic carbocycles. The summed E-state index contributed by atoms with van der Waals surface area (Å²) in [6.07, 6.45) is 0. The second kappa shape index (κ2) is 8.35. The third kappa shape index (κ3) is 5.41. The van der Waals surface area contributed by atoms with E-state index in [-0.39, 0.29) is 5.75 Å². The van der Waals surface area contributed by atoms with Crippen LogP contribution in [0.4, 0.5) is 10.1 Å². The van der Waals surface area contributed by atoms with Gasteiger partial charge in [-0.2, -0.15) is 0 Å². The minimum absolute atomic E-state index is 0.236. The van der Waals surface area contributed by atoms with Gasteiger partial charge in [-0.1, -0.05) is 29.8 Å². The van der Waals surface area contributed by atoms with Crippen molar-refractivity contribution in [2.45, 2.75) is 12.3 Å². The van der Waals surface area contributed by atoms with E-state index in [1.807, 2.05) is 6.07 Å². The van der Waals surface area contributed by atoms with Crippen molar-refractivity contribution in [2.24, 2.45) is 0 Å². The normalized spacial score (nSPS) is 15.8. The number of hydrogen-bond donors (Lipinski definition) is 1. The number of hydrogen-bond acceptors (Lipinski definition) is 4. The summed E-state index contributed by atoms with van der Waals surface area (Å²) in [7, 11) is -3.62. The van der Waals surface area contributed by atoms with Crippen LogP contribution in [0.25, 0.3) is 0 Å². The molecular formula is C18H20ClFN2O3S. The number of halogens is 2. The number of nitrogens with one attached hydrogen (secondary N) is 1. The summed E-state index contributed by atoms with van der Waals surface area (Å²) in [6, 6.07) is 10.5. The zero-order valence-corrected chi connectivity index (χ0v) is 15.7. The quantitative estimate of drug-likeness (QED) is 0.811. The van der Waals surface area contributed by atoms with Gasteiger partial charge in [-0.05, 0) is 35.4 Å². The molecule has 0 bridgehead atoms. The molecule has 1 aliphatic rings. The largest absolute Gasteiger partial charge is 0.379 e. The molecule has 3 rings (SSSR count). The Morgan fingerprint density at radius 2 is 1.81 bits per heavy atom. The van der Waals surface area contributed by atoms with E-state index in [1.165, 1.54) is 24.3 Å². The lowest BCUT2D eigenvalue weighted by atomic mass is 10.2. The molecular weight excluding hydrogens is 379 g/mol. The third-order valence-corrected chi connectivity index (χ3v) is 5.71. The number of ether oxygens (including phenoxy) is 1. The van der Waals surface area contributed by atoms with Crippen molar-refractivity contribution < 1.29 is 17.5 Å². The molecule has 1 heterocycles. The van der Waals surface area contributed by atoms with Gasteiger partial charge < -0.3 is 4.74 Å². The highest BCUT2D eigenvalue weighted by Crippen LogP contribution is 2.24. The zero-order chi connectivity index (χ0) is 18.6. The predicted octanol–water partition coefficient (Wildman–Crippen LogP) is 3.25. The summed E-state index contributed by atoms with van der Waals surface area (Å²) in [4.78, 5) is 2.24. The first kappa shape index (κ1) is 19.1. The van der Waals surface area contributed by atoms with Gasteiger partial charge in [0.2, 0.25) is 10.0 Å². The number of rotatable bonds is 6. The fraction of sp³-hybridized carbons (Fsp3) is 0.333. The first-order valence-corrected chi connectivity index (χ1v) is 10.3. The van der Waals surface area contributed by atoms with Crippen LogP contribution in [0.15, 0.2) is 42.5 Å². The van der Waals surface area contributed by atoms with Gasteiger partial charge >= 0.3 is 0 Å². The van der Waals surface area contributed by atoms with Crippen molar-refractivity contribution in [3.05, 3.63) is 64.4 Å². The highest BCUT2D eigenvalue weighted by atomic mass is 35.5. The minimum Gasteiger partial charge on any atom is -0.379 e. The monoisotopic (exact) mass is 398 g/mol. The summed E-state index contributed by atoms with van der Waals surface area (Å²) < 4.78 is 45.4. The molecule has 1 aliphatic heterocycles. The van der Waals surface area contributed by atoms with Gasteiger partial charge in [-0.25, -0.2) is 12.8 Å². The molecule has 0 radical (unpaired) electrons. The van der Waals surface area contributed by atoms with Crippen LogP contribution in [0.5, 0.6) is 0 Å². The van der Waals surface area contributed by atoms with Crippen molar-refractivity contribution in [1.29, 1.82) is 0 Å². The number of anilines is 1. The Hall–Kier alpha value is -1.67. The molecule has 2 aromatic rings. The van der Waals surface area contributed by atoms with E-state index >= 15 is 0 Å². The summed E-state index contributed by atoms with van der Waals surface area (Å²) in [5.74, 6) is -0.637. The average Bonchev–Trinajstić information content (AvgIpc) is 2.60. The predicted molar refractivity (Wildman–Crippen MR) is 100 cm³/mol. The average molecular weight is 399 g/mol. The van der Waals surface area contributed by atoms with Crippen molar-refractivity contribution >= 4 is 27.3 Å². The van der Waals surface area contributed by atoms with Gasteiger partial charge in [-0.15, -0.1) is 0 Å². The molecule has 0 aliphatic carbocycles. The highest BCUT2D eigenvalue weighted by molar-refractivity contribution is 7.91. The van der Waals surface area contributed by atoms with Crippen molar-refractivity contribution in [2.75, 3.05) is 31.0 Å². The molecule has 1 fully saturated rings. The van der Waals surface area contributed by atoms with Crippen LogP contribution in [0.1, 0.15) is 11.1 Å². The molecule has 0 amide bonds. The first-order valence-electron chi connectivity index (χ1n) is 8.25. The number of morpholine rings is 1. The van der Waals surface area contributed by atoms with E-state index < -0.39 is 15.8 Å². The molecule has 1 N–H and O–H groups in total. The zero-order valence-electron chi connectivity index (χ0n) is 14.1. The Morgan fingerprint density at radius 1 is 1.12 bits per heavy atom. The fourth-order valence-corrected chi connectivity index (χ4v) is 4.18. The highest BCUT2D eigenvalue weighted by Gasteiger charge is 2.15. The third-order valence-electron chi connectivity index (χ3n) is 4.09. The number of benzene rings is 2. The van der Waals surface area contributed by atoms with E-state index in [4.69, 9.17) is 16.3 Å². The fourth-order valence-electron chi connectivity index (χ4n) is 2.75. The standard InChI is InChI=1S/C18H20ClFN2O3S/c19-18-11-17(6-3-15(18)12-22-7-9-25-10-8-22)21-26(23,24)13-14-1-4-16(20)5-2-14/h1-6,11,21H,7-10,12-13H2. The Morgan fingerprint density at radius 3 is 2.46 bits per heavy atom. The maximum Gasteiger partial charge on any atom is 0.236 e.